The van der Waals surface area contributed by atoms with Crippen LogP contribution in [-0.4, -0.2) is 28.8 Å². The summed E-state index contributed by atoms with van der Waals surface area (Å²) in [5, 5.41) is 10.9. The Morgan fingerprint density at radius 1 is 1.33 bits per heavy atom. The number of amides is 1. The molecular weight excluding hydrogens is 300 g/mol. The first-order chi connectivity index (χ1) is 11.5. The van der Waals surface area contributed by atoms with Crippen molar-refractivity contribution in [1.29, 1.82) is 0 Å². The molecule has 1 aromatic carbocycles. The number of rotatable bonds is 4. The second kappa shape index (κ2) is 6.77. The van der Waals surface area contributed by atoms with Gasteiger partial charge in [0.15, 0.2) is 0 Å². The van der Waals surface area contributed by atoms with Crippen molar-refractivity contribution in [3.05, 3.63) is 53.3 Å². The molecule has 128 valence electrons. The van der Waals surface area contributed by atoms with E-state index in [1.807, 2.05) is 23.9 Å². The first-order valence-electron chi connectivity index (χ1n) is 8.62. The van der Waals surface area contributed by atoms with Gasteiger partial charge < -0.3 is 10.6 Å². The third-order valence-corrected chi connectivity index (χ3v) is 5.04. The second-order valence-corrected chi connectivity index (χ2v) is 6.79. The summed E-state index contributed by atoms with van der Waals surface area (Å²) in [6.07, 6.45) is 5.14. The van der Waals surface area contributed by atoms with E-state index in [1.54, 1.807) is 6.20 Å². The lowest BCUT2D eigenvalue weighted by molar-refractivity contribution is -0.132. The zero-order valence-corrected chi connectivity index (χ0v) is 14.7. The van der Waals surface area contributed by atoms with Crippen molar-refractivity contribution in [2.75, 3.05) is 13.1 Å². The molecule has 2 heterocycles. The van der Waals surface area contributed by atoms with Crippen LogP contribution in [0.1, 0.15) is 42.5 Å². The van der Waals surface area contributed by atoms with Crippen LogP contribution < -0.4 is 10.6 Å². The fraction of sp³-hybridized carbons (Fsp3) is 0.474. The van der Waals surface area contributed by atoms with E-state index < -0.39 is 5.54 Å². The number of hydrogen-bond donors (Lipinski definition) is 2. The van der Waals surface area contributed by atoms with Gasteiger partial charge in [0.2, 0.25) is 5.91 Å². The van der Waals surface area contributed by atoms with Crippen LogP contribution in [0.25, 0.3) is 0 Å². The minimum absolute atomic E-state index is 0.0274. The summed E-state index contributed by atoms with van der Waals surface area (Å²) in [4.78, 5) is 13.2. The summed E-state index contributed by atoms with van der Waals surface area (Å²) in [5.74, 6) is 0.0557. The van der Waals surface area contributed by atoms with Crippen LogP contribution >= 0.6 is 0 Å². The minimum Gasteiger partial charge on any atom is -0.347 e. The Morgan fingerprint density at radius 3 is 2.71 bits per heavy atom. The molecule has 2 aromatic rings. The molecule has 1 aliphatic rings. The van der Waals surface area contributed by atoms with Crippen molar-refractivity contribution in [3.8, 4) is 0 Å². The number of nitrogens with one attached hydrogen (secondary N) is 2. The maximum Gasteiger partial charge on any atom is 0.248 e. The fourth-order valence-corrected chi connectivity index (χ4v) is 3.64. The predicted octanol–water partition coefficient (Wildman–Crippen LogP) is 2.46. The molecule has 1 atom stereocenters. The van der Waals surface area contributed by atoms with Gasteiger partial charge in [0.25, 0.3) is 0 Å². The van der Waals surface area contributed by atoms with Gasteiger partial charge in [0.05, 0.1) is 6.04 Å². The van der Waals surface area contributed by atoms with Gasteiger partial charge in [-0.25, -0.2) is 0 Å². The molecule has 2 N–H and O–H groups in total. The normalized spacial score (nSPS) is 18.1. The Labute approximate surface area is 143 Å². The second-order valence-electron chi connectivity index (χ2n) is 6.79. The smallest absolute Gasteiger partial charge is 0.248 e. The molecule has 1 unspecified atom stereocenters. The average Bonchev–Trinajstić information content (AvgIpc) is 3.10. The van der Waals surface area contributed by atoms with E-state index in [0.29, 0.717) is 0 Å². The third-order valence-electron chi connectivity index (χ3n) is 5.04. The summed E-state index contributed by atoms with van der Waals surface area (Å²) >= 11 is 0. The number of piperidine rings is 1. The molecule has 1 aliphatic heterocycles. The first kappa shape index (κ1) is 16.7. The molecule has 24 heavy (non-hydrogen) atoms. The van der Waals surface area contributed by atoms with E-state index in [2.05, 4.69) is 47.8 Å². The van der Waals surface area contributed by atoms with E-state index in [0.717, 1.165) is 25.9 Å². The van der Waals surface area contributed by atoms with Gasteiger partial charge in [-0.15, -0.1) is 0 Å². The molecule has 1 saturated heterocycles. The molecule has 1 aromatic heterocycles. The third kappa shape index (κ3) is 3.08. The van der Waals surface area contributed by atoms with Crippen LogP contribution in [0.4, 0.5) is 0 Å². The summed E-state index contributed by atoms with van der Waals surface area (Å²) in [6, 6.07) is 8.22. The first-order valence-corrected chi connectivity index (χ1v) is 8.62. The lowest BCUT2D eigenvalue weighted by Gasteiger charge is -2.37. The minimum atomic E-state index is -0.596. The number of aromatic nitrogens is 2. The molecule has 0 saturated carbocycles. The monoisotopic (exact) mass is 326 g/mol. The molecule has 1 amide bonds. The topological polar surface area (TPSA) is 59.0 Å². The zero-order chi connectivity index (χ0) is 17.2. The maximum atomic E-state index is 13.2. The summed E-state index contributed by atoms with van der Waals surface area (Å²) in [5.41, 5.74) is 3.02. The Hall–Kier alpha value is -2.14. The van der Waals surface area contributed by atoms with E-state index in [-0.39, 0.29) is 11.9 Å². The standard InChI is InChI=1S/C19H26N4O/c1-14-5-6-17(15(2)13-14)16(3)22-18(24)19(7-10-20-11-8-19)23-12-4-9-21-23/h4-6,9,12-13,16,20H,7-8,10-11H2,1-3H3,(H,22,24). The Bertz CT molecular complexity index is 702. The molecule has 0 aliphatic carbocycles. The molecule has 3 rings (SSSR count). The Morgan fingerprint density at radius 2 is 2.08 bits per heavy atom. The van der Waals surface area contributed by atoms with Gasteiger partial charge in [0.1, 0.15) is 5.54 Å². The molecule has 0 bridgehead atoms. The van der Waals surface area contributed by atoms with Crippen LogP contribution in [0.3, 0.4) is 0 Å². The van der Waals surface area contributed by atoms with Crippen LogP contribution in [0.15, 0.2) is 36.7 Å². The fourth-order valence-electron chi connectivity index (χ4n) is 3.64. The van der Waals surface area contributed by atoms with Crippen molar-refractivity contribution in [2.24, 2.45) is 0 Å². The van der Waals surface area contributed by atoms with Gasteiger partial charge in [-0.1, -0.05) is 23.8 Å². The van der Waals surface area contributed by atoms with Crippen molar-refractivity contribution in [2.45, 2.75) is 45.2 Å². The average molecular weight is 326 g/mol. The molecular formula is C19H26N4O. The number of aryl methyl sites for hydroxylation is 2. The largest absolute Gasteiger partial charge is 0.347 e. The van der Waals surface area contributed by atoms with Gasteiger partial charge in [0, 0.05) is 12.4 Å². The highest BCUT2D eigenvalue weighted by Crippen LogP contribution is 2.29. The quantitative estimate of drug-likeness (QED) is 0.907. The molecule has 0 radical (unpaired) electrons. The molecule has 0 spiro atoms. The number of carbonyl (C=O) groups excluding carboxylic acids is 1. The van der Waals surface area contributed by atoms with Gasteiger partial charge in [-0.2, -0.15) is 5.10 Å². The number of benzene rings is 1. The highest BCUT2D eigenvalue weighted by atomic mass is 16.2. The molecule has 1 fully saturated rings. The van der Waals surface area contributed by atoms with E-state index in [1.165, 1.54) is 16.7 Å². The van der Waals surface area contributed by atoms with Crippen molar-refractivity contribution in [3.63, 3.8) is 0 Å². The van der Waals surface area contributed by atoms with Crippen LogP contribution in [-0.2, 0) is 10.3 Å². The Kier molecular flexibility index (Phi) is 4.71. The van der Waals surface area contributed by atoms with Crippen molar-refractivity contribution in [1.82, 2.24) is 20.4 Å². The molecule has 5 nitrogen and oxygen atoms in total. The Balaban J connectivity index is 1.83. The van der Waals surface area contributed by atoms with E-state index >= 15 is 0 Å². The number of nitrogens with zero attached hydrogens (tertiary/aromatic N) is 2. The molecule has 5 heteroatoms. The van der Waals surface area contributed by atoms with E-state index in [9.17, 15) is 4.79 Å². The van der Waals surface area contributed by atoms with Crippen LogP contribution in [0, 0.1) is 13.8 Å². The van der Waals surface area contributed by atoms with Gasteiger partial charge >= 0.3 is 0 Å². The SMILES string of the molecule is Cc1ccc(C(C)NC(=O)C2(n3cccn3)CCNCC2)c(C)c1. The van der Waals surface area contributed by atoms with Crippen LogP contribution in [0.2, 0.25) is 0 Å². The highest BCUT2D eigenvalue weighted by Gasteiger charge is 2.42. The van der Waals surface area contributed by atoms with E-state index in [4.69, 9.17) is 0 Å². The lowest BCUT2D eigenvalue weighted by Crippen LogP contribution is -2.55. The summed E-state index contributed by atoms with van der Waals surface area (Å²) < 4.78 is 1.83. The highest BCUT2D eigenvalue weighted by molar-refractivity contribution is 5.85. The van der Waals surface area contributed by atoms with Crippen LogP contribution in [0.5, 0.6) is 0 Å². The van der Waals surface area contributed by atoms with Crippen molar-refractivity contribution < 1.29 is 4.79 Å². The predicted molar refractivity (Wildman–Crippen MR) is 94.8 cm³/mol. The summed E-state index contributed by atoms with van der Waals surface area (Å²) in [6.45, 7) is 7.88. The van der Waals surface area contributed by atoms with Crippen molar-refractivity contribution >= 4 is 5.91 Å². The zero-order valence-electron chi connectivity index (χ0n) is 14.7. The lowest BCUT2D eigenvalue weighted by atomic mass is 9.86. The van der Waals surface area contributed by atoms with Gasteiger partial charge in [-0.3, -0.25) is 9.48 Å². The number of hydrogen-bond acceptors (Lipinski definition) is 3. The number of carbonyl (C=O) groups is 1. The maximum absolute atomic E-state index is 13.2. The summed E-state index contributed by atoms with van der Waals surface area (Å²) in [7, 11) is 0. The van der Waals surface area contributed by atoms with Gasteiger partial charge in [-0.05, 0) is 63.9 Å².